The molecule has 3 aromatic heterocycles. The van der Waals surface area contributed by atoms with Crippen molar-refractivity contribution in [1.82, 2.24) is 29.8 Å². The number of nitrogens with zero attached hydrogens (tertiary/aromatic N) is 6. The predicted molar refractivity (Wildman–Crippen MR) is 122 cm³/mol. The zero-order valence-corrected chi connectivity index (χ0v) is 18.3. The van der Waals surface area contributed by atoms with Gasteiger partial charge in [-0.2, -0.15) is 0 Å². The van der Waals surface area contributed by atoms with Crippen molar-refractivity contribution >= 4 is 33.3 Å². The van der Waals surface area contributed by atoms with Crippen LogP contribution in [0.1, 0.15) is 25.6 Å². The fourth-order valence-corrected chi connectivity index (χ4v) is 5.06. The van der Waals surface area contributed by atoms with Gasteiger partial charge in [0.15, 0.2) is 11.0 Å². The number of benzene rings is 1. The fraction of sp³-hybridized carbons (Fsp3) is 0.286. The average molecular weight is 439 g/mol. The Kier molecular flexibility index (Phi) is 6.39. The first-order valence-electron chi connectivity index (χ1n) is 9.79. The van der Waals surface area contributed by atoms with Gasteiger partial charge in [0.1, 0.15) is 4.70 Å². The predicted octanol–water partition coefficient (Wildman–Crippen LogP) is 4.39. The molecule has 0 radical (unpaired) electrons. The number of hydrogen-bond donors (Lipinski definition) is 0. The highest BCUT2D eigenvalue weighted by Crippen LogP contribution is 2.32. The lowest BCUT2D eigenvalue weighted by Gasteiger charge is -2.09. The molecule has 0 aliphatic rings. The van der Waals surface area contributed by atoms with Crippen LogP contribution in [0.15, 0.2) is 59.0 Å². The van der Waals surface area contributed by atoms with E-state index in [-0.39, 0.29) is 5.56 Å². The Hall–Kier alpha value is -2.78. The number of aromatic nitrogens is 6. The van der Waals surface area contributed by atoms with E-state index in [4.69, 9.17) is 4.98 Å². The van der Waals surface area contributed by atoms with E-state index in [9.17, 15) is 4.79 Å². The molecule has 0 spiro atoms. The molecule has 4 rings (SSSR count). The first kappa shape index (κ1) is 20.5. The van der Waals surface area contributed by atoms with E-state index in [2.05, 4.69) is 29.0 Å². The van der Waals surface area contributed by atoms with Crippen molar-refractivity contribution in [3.63, 3.8) is 0 Å². The molecule has 154 valence electrons. The summed E-state index contributed by atoms with van der Waals surface area (Å²) in [6.45, 7) is 7.13. The number of unbranched alkanes of at least 4 members (excludes halogenated alkanes) is 1. The molecule has 3 heterocycles. The van der Waals surface area contributed by atoms with Crippen molar-refractivity contribution < 1.29 is 0 Å². The van der Waals surface area contributed by atoms with Crippen molar-refractivity contribution in [3.05, 3.63) is 65.2 Å². The zero-order valence-electron chi connectivity index (χ0n) is 16.7. The van der Waals surface area contributed by atoms with E-state index in [1.807, 2.05) is 41.1 Å². The number of allylic oxidation sites excluding steroid dienone is 1. The molecule has 0 saturated heterocycles. The van der Waals surface area contributed by atoms with Crippen LogP contribution < -0.4 is 5.56 Å². The summed E-state index contributed by atoms with van der Waals surface area (Å²) in [6, 6.07) is 12.0. The quantitative estimate of drug-likeness (QED) is 0.219. The zero-order chi connectivity index (χ0) is 20.9. The van der Waals surface area contributed by atoms with Crippen LogP contribution in [0.2, 0.25) is 0 Å². The van der Waals surface area contributed by atoms with Gasteiger partial charge in [0.2, 0.25) is 0 Å². The van der Waals surface area contributed by atoms with E-state index < -0.39 is 0 Å². The molecule has 0 unspecified atom stereocenters. The molecule has 9 heteroatoms. The molecular formula is C21H22N6OS2. The second-order valence-corrected chi connectivity index (χ2v) is 8.75. The minimum Gasteiger partial charge on any atom is -0.282 e. The van der Waals surface area contributed by atoms with Crippen molar-refractivity contribution in [2.75, 3.05) is 0 Å². The summed E-state index contributed by atoms with van der Waals surface area (Å²) >= 11 is 2.95. The van der Waals surface area contributed by atoms with Gasteiger partial charge < -0.3 is 0 Å². The van der Waals surface area contributed by atoms with Crippen molar-refractivity contribution in [2.45, 2.75) is 43.8 Å². The van der Waals surface area contributed by atoms with Gasteiger partial charge in [-0.1, -0.05) is 61.5 Å². The van der Waals surface area contributed by atoms with Crippen LogP contribution in [-0.2, 0) is 18.8 Å². The smallest absolute Gasteiger partial charge is 0.272 e. The number of rotatable bonds is 9. The number of thiophene rings is 1. The summed E-state index contributed by atoms with van der Waals surface area (Å²) < 4.78 is 4.15. The number of hydrogen-bond acceptors (Lipinski definition) is 7. The van der Waals surface area contributed by atoms with Gasteiger partial charge in [-0.15, -0.1) is 23.0 Å². The van der Waals surface area contributed by atoms with Crippen LogP contribution in [0, 0.1) is 0 Å². The van der Waals surface area contributed by atoms with E-state index in [1.165, 1.54) is 23.1 Å². The molecule has 1 aromatic carbocycles. The molecule has 0 aliphatic heterocycles. The largest absolute Gasteiger partial charge is 0.282 e. The summed E-state index contributed by atoms with van der Waals surface area (Å²) in [5.74, 6) is 1.32. The standard InChI is InChI=1S/C21H22N6OS2/c1-3-5-12-27-18(23-24-25-27)14-29-21-22-16-13-17(15-9-7-6-8-10-15)30-19(16)20(28)26(21)11-4-2/h4,6-10,13H,2-3,5,11-12,14H2,1H3. The first-order chi connectivity index (χ1) is 14.7. The topological polar surface area (TPSA) is 78.5 Å². The maximum absolute atomic E-state index is 13.2. The highest BCUT2D eigenvalue weighted by molar-refractivity contribution is 7.98. The van der Waals surface area contributed by atoms with Crippen molar-refractivity contribution in [2.24, 2.45) is 0 Å². The molecule has 0 N–H and O–H groups in total. The number of tetrazole rings is 1. The molecule has 0 bridgehead atoms. The summed E-state index contributed by atoms with van der Waals surface area (Å²) in [4.78, 5) is 19.0. The van der Waals surface area contributed by atoms with Gasteiger partial charge in [0, 0.05) is 18.0 Å². The summed E-state index contributed by atoms with van der Waals surface area (Å²) in [5, 5.41) is 12.6. The van der Waals surface area contributed by atoms with Gasteiger partial charge in [-0.3, -0.25) is 9.36 Å². The summed E-state index contributed by atoms with van der Waals surface area (Å²) in [5.41, 5.74) is 1.76. The van der Waals surface area contributed by atoms with Gasteiger partial charge in [0.05, 0.1) is 11.3 Å². The molecule has 0 atom stereocenters. The first-order valence-corrected chi connectivity index (χ1v) is 11.6. The lowest BCUT2D eigenvalue weighted by atomic mass is 10.2. The number of aryl methyl sites for hydroxylation is 1. The van der Waals surface area contributed by atoms with Gasteiger partial charge in [-0.25, -0.2) is 9.67 Å². The Morgan fingerprint density at radius 1 is 1.27 bits per heavy atom. The SMILES string of the molecule is C=CCn1c(SCc2nnnn2CCCC)nc2cc(-c3ccccc3)sc2c1=O. The second-order valence-electron chi connectivity index (χ2n) is 6.75. The molecule has 0 saturated carbocycles. The average Bonchev–Trinajstić information content (AvgIpc) is 3.40. The van der Waals surface area contributed by atoms with E-state index >= 15 is 0 Å². The van der Waals surface area contributed by atoms with Crippen LogP contribution in [0.3, 0.4) is 0 Å². The maximum atomic E-state index is 13.2. The van der Waals surface area contributed by atoms with Crippen molar-refractivity contribution in [1.29, 1.82) is 0 Å². The third-order valence-electron chi connectivity index (χ3n) is 4.63. The second kappa shape index (κ2) is 9.36. The molecule has 7 nitrogen and oxygen atoms in total. The molecule has 0 amide bonds. The van der Waals surface area contributed by atoms with Crippen molar-refractivity contribution in [3.8, 4) is 10.4 Å². The Morgan fingerprint density at radius 2 is 2.10 bits per heavy atom. The summed E-state index contributed by atoms with van der Waals surface area (Å²) in [7, 11) is 0. The normalized spacial score (nSPS) is 11.2. The molecule has 0 fully saturated rings. The third kappa shape index (κ3) is 4.22. The van der Waals surface area contributed by atoms with Crippen LogP contribution in [0.4, 0.5) is 0 Å². The monoisotopic (exact) mass is 438 g/mol. The van der Waals surface area contributed by atoms with E-state index in [1.54, 1.807) is 10.6 Å². The third-order valence-corrected chi connectivity index (χ3v) is 6.76. The minimum absolute atomic E-state index is 0.0415. The minimum atomic E-state index is -0.0415. The van der Waals surface area contributed by atoms with E-state index in [0.717, 1.165) is 41.2 Å². The molecule has 4 aromatic rings. The molecule has 0 aliphatic carbocycles. The van der Waals surface area contributed by atoms with Crippen LogP contribution in [-0.4, -0.2) is 29.8 Å². The Morgan fingerprint density at radius 3 is 2.87 bits per heavy atom. The number of thioether (sulfide) groups is 1. The van der Waals surface area contributed by atoms with Crippen LogP contribution in [0.25, 0.3) is 20.7 Å². The Bertz CT molecular complexity index is 1210. The van der Waals surface area contributed by atoms with E-state index in [0.29, 0.717) is 22.2 Å². The number of fused-ring (bicyclic) bond motifs is 1. The lowest BCUT2D eigenvalue weighted by Crippen LogP contribution is -2.22. The van der Waals surface area contributed by atoms with Crippen LogP contribution in [0.5, 0.6) is 0 Å². The fourth-order valence-electron chi connectivity index (χ4n) is 3.07. The molecular weight excluding hydrogens is 416 g/mol. The highest BCUT2D eigenvalue weighted by atomic mass is 32.2. The molecule has 30 heavy (non-hydrogen) atoms. The Balaban J connectivity index is 1.68. The summed E-state index contributed by atoms with van der Waals surface area (Å²) in [6.07, 6.45) is 3.81. The van der Waals surface area contributed by atoms with Gasteiger partial charge in [-0.05, 0) is 28.5 Å². The Labute approximate surface area is 182 Å². The lowest BCUT2D eigenvalue weighted by molar-refractivity contribution is 0.540. The maximum Gasteiger partial charge on any atom is 0.272 e. The highest BCUT2D eigenvalue weighted by Gasteiger charge is 2.16. The van der Waals surface area contributed by atoms with Gasteiger partial charge >= 0.3 is 0 Å². The van der Waals surface area contributed by atoms with Gasteiger partial charge in [0.25, 0.3) is 5.56 Å². The van der Waals surface area contributed by atoms with Crippen LogP contribution >= 0.6 is 23.1 Å².